The monoisotopic (exact) mass is 1210 g/mol. The number of aromatic hydroxyl groups is 1. The molecule has 2 aliphatic heterocycles. The fourth-order valence-corrected chi connectivity index (χ4v) is 13.6. The first kappa shape index (κ1) is 55.9. The van der Waals surface area contributed by atoms with Gasteiger partial charge in [0.05, 0.1) is 35.3 Å². The molecule has 414 valence electrons. The summed E-state index contributed by atoms with van der Waals surface area (Å²) in [6.07, 6.45) is -0.133. The Morgan fingerprint density at radius 1 is 0.815 bits per heavy atom. The third-order valence-corrected chi connectivity index (χ3v) is 18.0. The molecule has 7 aromatic heterocycles. The number of fused-ring (bicyclic) bond motifs is 13. The van der Waals surface area contributed by atoms with Gasteiger partial charge in [-0.25, -0.2) is 29.9 Å². The highest BCUT2D eigenvalue weighted by atomic mass is 32.2. The Kier molecular flexibility index (Phi) is 16.1. The molecule has 0 fully saturated rings. The van der Waals surface area contributed by atoms with E-state index in [9.17, 15) is 48.6 Å². The molecule has 12 bridgehead atoms. The first-order valence-electron chi connectivity index (χ1n) is 24.2. The van der Waals surface area contributed by atoms with Gasteiger partial charge < -0.3 is 52.3 Å². The van der Waals surface area contributed by atoms with Crippen LogP contribution >= 0.6 is 68.4 Å². The van der Waals surface area contributed by atoms with Crippen molar-refractivity contribution >= 4 is 132 Å². The van der Waals surface area contributed by atoms with Crippen molar-refractivity contribution in [2.75, 3.05) is 5.75 Å². The van der Waals surface area contributed by atoms with Crippen molar-refractivity contribution in [1.82, 2.24) is 61.5 Å². The van der Waals surface area contributed by atoms with Gasteiger partial charge in [-0.2, -0.15) is 0 Å². The normalized spacial score (nSPS) is 18.4. The lowest BCUT2D eigenvalue weighted by Crippen LogP contribution is -2.52. The summed E-state index contributed by atoms with van der Waals surface area (Å²) in [5.41, 5.74) is 7.01. The number of primary amides is 1. The Morgan fingerprint density at radius 2 is 1.46 bits per heavy atom. The summed E-state index contributed by atoms with van der Waals surface area (Å²) in [5.74, 6) is -5.92. The van der Waals surface area contributed by atoms with E-state index >= 15 is 0 Å². The Labute approximate surface area is 481 Å². The summed E-state index contributed by atoms with van der Waals surface area (Å²) in [5, 5.41) is 44.5. The molecule has 10 N–H and O–H groups in total. The van der Waals surface area contributed by atoms with Crippen LogP contribution in [-0.2, 0) is 25.7 Å². The Morgan fingerprint density at radius 3 is 2.19 bits per heavy atom. The Bertz CT molecular complexity index is 3940. The molecule has 0 radical (unpaired) electrons. The van der Waals surface area contributed by atoms with E-state index in [1.165, 1.54) is 40.6 Å². The summed E-state index contributed by atoms with van der Waals surface area (Å²) in [6, 6.07) is 3.18. The number of hydrogen-bond donors (Lipinski definition) is 9. The van der Waals surface area contributed by atoms with E-state index in [-0.39, 0.29) is 118 Å². The maximum absolute atomic E-state index is 14.5. The van der Waals surface area contributed by atoms with Gasteiger partial charge in [0.25, 0.3) is 29.5 Å². The summed E-state index contributed by atoms with van der Waals surface area (Å²) in [6.45, 7) is 8.00. The number of nitrogens with two attached hydrogens (primary N) is 1. The minimum absolute atomic E-state index is 0.0189. The van der Waals surface area contributed by atoms with Crippen molar-refractivity contribution in [2.45, 2.75) is 64.4 Å². The highest BCUT2D eigenvalue weighted by Gasteiger charge is 2.32. The van der Waals surface area contributed by atoms with Gasteiger partial charge in [-0.3, -0.25) is 38.4 Å². The number of nitrogens with one attached hydrogen (secondary N) is 6. The quantitative estimate of drug-likeness (QED) is 0.0714. The van der Waals surface area contributed by atoms with E-state index in [0.717, 1.165) is 68.4 Å². The molecule has 4 unspecified atom stereocenters. The standard InChI is InChI=1S/C51H43N13O11S6/c1-5-24-47-60-29(15-78-47)42(70)56-26-9-10-34(67)75-12-22-7-6-8-25-35(22)19(2)36(54-25)51(74)81-18-32(57-43(71)30-16-79-48(26)61-30)49-58-27(13-77-49)38-23(46-59-31(14-76-46)44(72)64-37(21(4)65)45(73)55-24)11-33(66)39(63-38)50-62-28(17-80-50)41(69)53-20(3)40(52)68/h5-8,11,13-17,21,26,32,37,54,65-66H,3,9-10,12,18H2,1-2,4H3,(H2,52,68)(H,53,69)(H,55,73)(H,56,70)(H,57,71)(H,64,72)/b24-5+. The predicted octanol–water partition coefficient (Wildman–Crippen LogP) is 5.91. The van der Waals surface area contributed by atoms with Crippen molar-refractivity contribution in [3.63, 3.8) is 0 Å². The van der Waals surface area contributed by atoms with E-state index in [1.54, 1.807) is 37.4 Å². The lowest BCUT2D eigenvalue weighted by molar-refractivity contribution is -0.145. The smallest absolute Gasteiger partial charge is 0.306 e. The molecule has 9 heterocycles. The van der Waals surface area contributed by atoms with Crippen LogP contribution in [0, 0.1) is 6.92 Å². The van der Waals surface area contributed by atoms with Gasteiger partial charge in [0.15, 0.2) is 0 Å². The number of rotatable bonds is 5. The van der Waals surface area contributed by atoms with Crippen molar-refractivity contribution in [1.29, 1.82) is 0 Å². The number of ether oxygens (including phenoxy) is 1. The zero-order valence-corrected chi connectivity index (χ0v) is 47.3. The van der Waals surface area contributed by atoms with Crippen LogP contribution in [0.2, 0.25) is 0 Å². The number of aromatic amines is 1. The van der Waals surface area contributed by atoms with E-state index in [2.05, 4.69) is 58.1 Å². The van der Waals surface area contributed by atoms with Crippen LogP contribution in [0.4, 0.5) is 0 Å². The second kappa shape index (κ2) is 23.4. The number of aryl methyl sites for hydroxylation is 1. The lowest BCUT2D eigenvalue weighted by atomic mass is 10.1. The van der Waals surface area contributed by atoms with Crippen LogP contribution in [0.25, 0.3) is 49.3 Å². The van der Waals surface area contributed by atoms with Crippen LogP contribution in [-0.4, -0.2) is 110 Å². The number of benzene rings is 1. The average molecular weight is 1210 g/mol. The van der Waals surface area contributed by atoms with Crippen LogP contribution in [0.15, 0.2) is 69.5 Å². The molecule has 4 atom stereocenters. The number of carbonyl (C=O) groups excluding carboxylic acids is 8. The number of amides is 6. The molecule has 10 rings (SSSR count). The Hall–Kier alpha value is -8.39. The molecule has 1 aromatic carbocycles. The number of pyridine rings is 1. The largest absolute Gasteiger partial charge is 0.506 e. The first-order valence-corrected chi connectivity index (χ1v) is 29.6. The molecule has 30 heteroatoms. The third-order valence-electron chi connectivity index (χ3n) is 12.5. The van der Waals surface area contributed by atoms with Crippen molar-refractivity contribution in [2.24, 2.45) is 5.73 Å². The highest BCUT2D eigenvalue weighted by molar-refractivity contribution is 8.14. The number of aliphatic hydroxyl groups excluding tert-OH is 1. The van der Waals surface area contributed by atoms with Gasteiger partial charge in [0.2, 0.25) is 11.0 Å². The second-order valence-electron chi connectivity index (χ2n) is 18.0. The number of aromatic nitrogens is 7. The van der Waals surface area contributed by atoms with Gasteiger partial charge in [0.1, 0.15) is 83.3 Å². The summed E-state index contributed by atoms with van der Waals surface area (Å²) in [4.78, 5) is 140. The second-order valence-corrected chi connectivity index (χ2v) is 23.3. The minimum atomic E-state index is -1.54. The van der Waals surface area contributed by atoms with Gasteiger partial charge in [0, 0.05) is 55.5 Å². The topological polar surface area (TPSA) is 366 Å². The van der Waals surface area contributed by atoms with Crippen LogP contribution in [0.1, 0.15) is 117 Å². The SMILES string of the molecule is C=C(NC(=O)c1csc(-c2nc3c(cc2O)-c2nc(cs2)C(=O)NC(C(C)O)C(=O)N/C(=C/C)c2nc(cs2)C(=O)NC2CCC(=O)OCc4cccc5[nH]c(c(C)c45)C(=O)SCC(NC(=O)c4csc2n4)c2nc-3cs2)n1)C(N)=O. The molecular formula is C51H43N13O11S6. The fraction of sp³-hybridized carbons (Fsp3) is 0.216. The third kappa shape index (κ3) is 11.8. The average Bonchev–Trinajstić information content (AvgIpc) is 4.47. The number of allylic oxidation sites excluding steroid dienone is 1. The number of hydrogen-bond acceptors (Lipinski definition) is 23. The summed E-state index contributed by atoms with van der Waals surface area (Å²) >= 11 is 5.98. The van der Waals surface area contributed by atoms with Crippen molar-refractivity contribution in [3.8, 4) is 38.4 Å². The van der Waals surface area contributed by atoms with Crippen molar-refractivity contribution in [3.05, 3.63) is 124 Å². The number of carbonyl (C=O) groups is 8. The maximum atomic E-state index is 14.5. The fourth-order valence-electron chi connectivity index (χ4n) is 8.40. The van der Waals surface area contributed by atoms with Gasteiger partial charge in [-0.05, 0) is 50.5 Å². The number of esters is 1. The van der Waals surface area contributed by atoms with Crippen LogP contribution < -0.4 is 32.3 Å². The van der Waals surface area contributed by atoms with Gasteiger partial charge >= 0.3 is 5.97 Å². The number of aliphatic hydroxyl groups is 1. The molecule has 24 nitrogen and oxygen atoms in total. The van der Waals surface area contributed by atoms with Gasteiger partial charge in [-0.1, -0.05) is 36.5 Å². The number of nitrogens with zero attached hydrogens (tertiary/aromatic N) is 6. The van der Waals surface area contributed by atoms with Crippen LogP contribution in [0.3, 0.4) is 0 Å². The number of H-pyrrole nitrogens is 1. The first-order chi connectivity index (χ1) is 38.8. The molecule has 8 aromatic rings. The molecule has 2 aliphatic rings. The molecule has 81 heavy (non-hydrogen) atoms. The van der Waals surface area contributed by atoms with E-state index in [4.69, 9.17) is 20.4 Å². The van der Waals surface area contributed by atoms with E-state index in [0.29, 0.717) is 22.0 Å². The Balaban J connectivity index is 1.11. The predicted molar refractivity (Wildman–Crippen MR) is 303 cm³/mol. The van der Waals surface area contributed by atoms with E-state index in [1.807, 2.05) is 0 Å². The summed E-state index contributed by atoms with van der Waals surface area (Å²) in [7, 11) is 0. The molecular weight excluding hydrogens is 1160 g/mol. The zero-order chi connectivity index (χ0) is 57.4. The zero-order valence-electron chi connectivity index (χ0n) is 42.4. The van der Waals surface area contributed by atoms with E-state index < -0.39 is 71.4 Å². The summed E-state index contributed by atoms with van der Waals surface area (Å²) < 4.78 is 5.76. The molecule has 0 spiro atoms. The minimum Gasteiger partial charge on any atom is -0.506 e. The number of thioether (sulfide) groups is 1. The van der Waals surface area contributed by atoms with Crippen molar-refractivity contribution < 1.29 is 53.3 Å². The van der Waals surface area contributed by atoms with Gasteiger partial charge in [-0.15, -0.1) is 56.7 Å². The molecule has 0 saturated carbocycles. The number of cyclic esters (lactones) is 1. The number of thiazole rings is 5. The van der Waals surface area contributed by atoms with Crippen LogP contribution in [0.5, 0.6) is 5.75 Å². The molecule has 0 saturated heterocycles. The molecule has 6 amide bonds. The maximum Gasteiger partial charge on any atom is 0.306 e. The highest BCUT2D eigenvalue weighted by Crippen LogP contribution is 2.42. The molecule has 0 aliphatic carbocycles. The lowest BCUT2D eigenvalue weighted by Gasteiger charge is -2.21.